The number of ether oxygens (including phenoxy) is 1. The van der Waals surface area contributed by atoms with E-state index in [-0.39, 0.29) is 0 Å². The topological polar surface area (TPSA) is 30.7 Å². The average Bonchev–Trinajstić information content (AvgIpc) is 2.17. The molecule has 0 radical (unpaired) electrons. The lowest BCUT2D eigenvalue weighted by atomic mass is 10.1. The zero-order valence-electron chi connectivity index (χ0n) is 9.73. The lowest BCUT2D eigenvalue weighted by Crippen LogP contribution is -2.26. The molecule has 3 heteroatoms. The fraction of sp³-hybridized carbons (Fsp3) is 0.385. The summed E-state index contributed by atoms with van der Waals surface area (Å²) >= 11 is 0. The zero-order valence-corrected chi connectivity index (χ0v) is 9.73. The Hall–Kier alpha value is -1.82. The van der Waals surface area contributed by atoms with Crippen LogP contribution in [-0.4, -0.2) is 11.6 Å². The van der Waals surface area contributed by atoms with Gasteiger partial charge in [-0.25, -0.2) is 11.4 Å². The summed E-state index contributed by atoms with van der Waals surface area (Å²) in [6, 6.07) is 8.11. The van der Waals surface area contributed by atoms with Crippen LogP contribution in [0.5, 0.6) is 0 Å². The van der Waals surface area contributed by atoms with E-state index in [0.717, 1.165) is 0 Å². The van der Waals surface area contributed by atoms with Crippen molar-refractivity contribution in [2.45, 2.75) is 32.4 Å². The van der Waals surface area contributed by atoms with E-state index >= 15 is 0 Å². The van der Waals surface area contributed by atoms with Gasteiger partial charge in [-0.05, 0) is 20.8 Å². The van der Waals surface area contributed by atoms with Crippen LogP contribution >= 0.6 is 0 Å². The summed E-state index contributed by atoms with van der Waals surface area (Å²) in [5.41, 5.74) is 0.112. The molecule has 0 N–H and O–H groups in total. The molecule has 1 rings (SSSR count). The molecule has 0 heterocycles. The molecule has 0 aromatic heterocycles. The van der Waals surface area contributed by atoms with Gasteiger partial charge in [0.2, 0.25) is 0 Å². The standard InChI is InChI=1S/C13H15NO2/c1-13(2,3)16-12(15)11(14-4)10-8-6-5-7-9-10/h5-9,11H,1-3H3. The lowest BCUT2D eigenvalue weighted by Gasteiger charge is -2.19. The van der Waals surface area contributed by atoms with E-state index in [9.17, 15) is 4.79 Å². The molecule has 84 valence electrons. The van der Waals surface area contributed by atoms with Crippen LogP contribution in [0.25, 0.3) is 4.85 Å². The van der Waals surface area contributed by atoms with Crippen LogP contribution < -0.4 is 0 Å². The normalized spacial score (nSPS) is 12.6. The van der Waals surface area contributed by atoms with Gasteiger partial charge in [0.15, 0.2) is 0 Å². The molecule has 0 spiro atoms. The molecule has 1 aromatic rings. The molecule has 0 saturated carbocycles. The Balaban J connectivity index is 2.85. The van der Waals surface area contributed by atoms with Crippen molar-refractivity contribution in [1.82, 2.24) is 0 Å². The van der Waals surface area contributed by atoms with Crippen LogP contribution in [-0.2, 0) is 9.53 Å². The van der Waals surface area contributed by atoms with Gasteiger partial charge in [0, 0.05) is 5.56 Å². The van der Waals surface area contributed by atoms with E-state index in [4.69, 9.17) is 11.3 Å². The van der Waals surface area contributed by atoms with E-state index in [1.165, 1.54) is 0 Å². The number of carbonyl (C=O) groups excluding carboxylic acids is 1. The maximum Gasteiger partial charge on any atom is 0.395 e. The van der Waals surface area contributed by atoms with Crippen LogP contribution in [0.15, 0.2) is 30.3 Å². The van der Waals surface area contributed by atoms with Crippen molar-refractivity contribution in [3.8, 4) is 0 Å². The second kappa shape index (κ2) is 4.80. The SMILES string of the molecule is [C-]#[N+]C(C(=O)OC(C)(C)C)c1ccccc1. The highest BCUT2D eigenvalue weighted by Gasteiger charge is 2.30. The Morgan fingerprint density at radius 1 is 1.31 bits per heavy atom. The first-order chi connectivity index (χ1) is 7.44. The maximum absolute atomic E-state index is 11.8. The van der Waals surface area contributed by atoms with E-state index in [0.29, 0.717) is 5.56 Å². The number of hydrogen-bond donors (Lipinski definition) is 0. The number of rotatable bonds is 2. The van der Waals surface area contributed by atoms with Crippen LogP contribution in [0.3, 0.4) is 0 Å². The smallest absolute Gasteiger partial charge is 0.395 e. The number of benzene rings is 1. The Morgan fingerprint density at radius 2 is 1.88 bits per heavy atom. The molecule has 3 nitrogen and oxygen atoms in total. The molecule has 0 aliphatic carbocycles. The fourth-order valence-corrected chi connectivity index (χ4v) is 1.26. The Morgan fingerprint density at radius 3 is 2.31 bits per heavy atom. The molecule has 0 amide bonds. The first-order valence-corrected chi connectivity index (χ1v) is 5.08. The van der Waals surface area contributed by atoms with Gasteiger partial charge in [-0.15, -0.1) is 0 Å². The number of nitrogens with zero attached hydrogens (tertiary/aromatic N) is 1. The minimum absolute atomic E-state index is 0.492. The highest BCUT2D eigenvalue weighted by atomic mass is 16.6. The molecular formula is C13H15NO2. The quantitative estimate of drug-likeness (QED) is 0.563. The third-order valence-corrected chi connectivity index (χ3v) is 1.87. The Labute approximate surface area is 95.9 Å². The number of hydrogen-bond acceptors (Lipinski definition) is 2. The predicted molar refractivity (Wildman–Crippen MR) is 61.6 cm³/mol. The second-order valence-electron chi connectivity index (χ2n) is 4.48. The molecule has 1 unspecified atom stereocenters. The second-order valence-corrected chi connectivity index (χ2v) is 4.48. The third-order valence-electron chi connectivity index (χ3n) is 1.87. The van der Waals surface area contributed by atoms with Crippen molar-refractivity contribution in [2.24, 2.45) is 0 Å². The fourth-order valence-electron chi connectivity index (χ4n) is 1.26. The van der Waals surface area contributed by atoms with Gasteiger partial charge in [0.25, 0.3) is 0 Å². The molecule has 0 aliphatic heterocycles. The van der Waals surface area contributed by atoms with Crippen molar-refractivity contribution >= 4 is 5.97 Å². The summed E-state index contributed by atoms with van der Waals surface area (Å²) in [7, 11) is 0. The molecule has 1 aromatic carbocycles. The van der Waals surface area contributed by atoms with Gasteiger partial charge < -0.3 is 4.74 Å². The van der Waals surface area contributed by atoms with Crippen molar-refractivity contribution in [3.05, 3.63) is 47.3 Å². The minimum atomic E-state index is -0.861. The summed E-state index contributed by atoms with van der Waals surface area (Å²) in [5, 5.41) is 0. The van der Waals surface area contributed by atoms with Gasteiger partial charge in [-0.3, -0.25) is 4.85 Å². The Kier molecular flexibility index (Phi) is 3.68. The number of carbonyl (C=O) groups is 1. The summed E-state index contributed by atoms with van der Waals surface area (Å²) < 4.78 is 5.19. The third kappa shape index (κ3) is 3.39. The molecule has 0 bridgehead atoms. The summed E-state index contributed by atoms with van der Waals surface area (Å²) in [4.78, 5) is 15.1. The highest BCUT2D eigenvalue weighted by molar-refractivity contribution is 5.79. The highest BCUT2D eigenvalue weighted by Crippen LogP contribution is 2.21. The summed E-state index contributed by atoms with van der Waals surface area (Å²) in [6.07, 6.45) is 0. The van der Waals surface area contributed by atoms with E-state index < -0.39 is 17.6 Å². The van der Waals surface area contributed by atoms with Crippen LogP contribution in [0, 0.1) is 6.57 Å². The summed E-state index contributed by atoms with van der Waals surface area (Å²) in [5.74, 6) is -0.492. The zero-order chi connectivity index (χ0) is 12.2. The molecule has 16 heavy (non-hydrogen) atoms. The minimum Gasteiger partial charge on any atom is -0.454 e. The lowest BCUT2D eigenvalue weighted by molar-refractivity contribution is -0.155. The van der Waals surface area contributed by atoms with Crippen LogP contribution in [0.4, 0.5) is 0 Å². The van der Waals surface area contributed by atoms with E-state index in [2.05, 4.69) is 4.85 Å². The number of esters is 1. The van der Waals surface area contributed by atoms with Crippen LogP contribution in [0.1, 0.15) is 32.4 Å². The van der Waals surface area contributed by atoms with Crippen molar-refractivity contribution in [2.75, 3.05) is 0 Å². The summed E-state index contributed by atoms with van der Waals surface area (Å²) in [6.45, 7) is 12.4. The predicted octanol–water partition coefficient (Wildman–Crippen LogP) is 2.99. The first kappa shape index (κ1) is 12.3. The van der Waals surface area contributed by atoms with Gasteiger partial charge in [-0.2, -0.15) is 0 Å². The van der Waals surface area contributed by atoms with Crippen molar-refractivity contribution in [1.29, 1.82) is 0 Å². The average molecular weight is 217 g/mol. The monoisotopic (exact) mass is 217 g/mol. The molecule has 0 saturated heterocycles. The van der Waals surface area contributed by atoms with Crippen molar-refractivity contribution in [3.63, 3.8) is 0 Å². The van der Waals surface area contributed by atoms with E-state index in [1.807, 2.05) is 6.07 Å². The van der Waals surface area contributed by atoms with Gasteiger partial charge >= 0.3 is 12.0 Å². The molecule has 0 fully saturated rings. The van der Waals surface area contributed by atoms with Crippen LogP contribution in [0.2, 0.25) is 0 Å². The van der Waals surface area contributed by atoms with Gasteiger partial charge in [0.05, 0.1) is 0 Å². The van der Waals surface area contributed by atoms with Crippen molar-refractivity contribution < 1.29 is 9.53 Å². The molecule has 1 atom stereocenters. The van der Waals surface area contributed by atoms with Gasteiger partial charge in [0.1, 0.15) is 5.60 Å². The Bertz CT molecular complexity index is 398. The largest absolute Gasteiger partial charge is 0.454 e. The van der Waals surface area contributed by atoms with E-state index in [1.54, 1.807) is 45.0 Å². The maximum atomic E-state index is 11.8. The molecular weight excluding hydrogens is 202 g/mol. The molecule has 0 aliphatic rings. The first-order valence-electron chi connectivity index (χ1n) is 5.08. The van der Waals surface area contributed by atoms with Gasteiger partial charge in [-0.1, -0.05) is 30.3 Å².